The predicted octanol–water partition coefficient (Wildman–Crippen LogP) is 2.40. The van der Waals surface area contributed by atoms with Gasteiger partial charge >= 0.3 is 0 Å². The van der Waals surface area contributed by atoms with Crippen LogP contribution in [0.2, 0.25) is 0 Å². The summed E-state index contributed by atoms with van der Waals surface area (Å²) < 4.78 is 4.94. The minimum absolute atomic E-state index is 0.0975. The minimum atomic E-state index is -0.987. The van der Waals surface area contributed by atoms with Gasteiger partial charge in [0.1, 0.15) is 0 Å². The van der Waals surface area contributed by atoms with Crippen LogP contribution < -0.4 is 0 Å². The second-order valence-electron chi connectivity index (χ2n) is 5.49. The summed E-state index contributed by atoms with van der Waals surface area (Å²) in [6, 6.07) is 0. The van der Waals surface area contributed by atoms with Gasteiger partial charge in [0.25, 0.3) is 8.05 Å². The molecule has 2 bridgehead atoms. The zero-order valence-corrected chi connectivity index (χ0v) is 9.04. The maximum Gasteiger partial charge on any atom is 0.286 e. The molecular weight excluding hydrogens is 177 g/mol. The summed E-state index contributed by atoms with van der Waals surface area (Å²) in [5.74, 6) is 0.508. The highest BCUT2D eigenvalue weighted by molar-refractivity contribution is 5.98. The first kappa shape index (κ1) is 10.2. The molecule has 0 N–H and O–H groups in total. The topological polar surface area (TPSA) is 38.7 Å². The highest BCUT2D eigenvalue weighted by atomic mass is 16.5. The highest BCUT2D eigenvalue weighted by Crippen LogP contribution is 2.70. The van der Waals surface area contributed by atoms with Crippen molar-refractivity contribution in [3.05, 3.63) is 4.91 Å². The SMILES string of the molecule is [B]OC1(N=O)CC2CCC1(C)C2(C)C. The van der Waals surface area contributed by atoms with E-state index in [0.717, 1.165) is 12.8 Å². The van der Waals surface area contributed by atoms with E-state index >= 15 is 0 Å². The van der Waals surface area contributed by atoms with Gasteiger partial charge in [0.2, 0.25) is 0 Å². The first-order valence-electron chi connectivity index (χ1n) is 5.16. The van der Waals surface area contributed by atoms with Crippen LogP contribution in [0.5, 0.6) is 0 Å². The lowest BCUT2D eigenvalue weighted by atomic mass is 9.67. The molecule has 14 heavy (non-hydrogen) atoms. The Kier molecular flexibility index (Phi) is 1.88. The standard InChI is InChI=1S/C10H16BNO2/c1-8(2)7-4-5-9(8,3)10(6-7,12-13)14-11/h7H,4-6H2,1-3H3. The van der Waals surface area contributed by atoms with E-state index in [-0.39, 0.29) is 10.8 Å². The molecule has 4 heteroatoms. The molecule has 3 atom stereocenters. The fourth-order valence-electron chi connectivity index (χ4n) is 3.55. The van der Waals surface area contributed by atoms with E-state index in [4.69, 9.17) is 12.7 Å². The minimum Gasteiger partial charge on any atom is -0.423 e. The fraction of sp³-hybridized carbons (Fsp3) is 1.00. The lowest BCUT2D eigenvalue weighted by Crippen LogP contribution is -2.47. The molecular formula is C10H16BNO2. The summed E-state index contributed by atoms with van der Waals surface area (Å²) >= 11 is 0. The molecule has 0 spiro atoms. The van der Waals surface area contributed by atoms with E-state index in [1.54, 1.807) is 0 Å². The van der Waals surface area contributed by atoms with Crippen molar-refractivity contribution >= 4 is 8.05 Å². The Morgan fingerprint density at radius 2 is 2.07 bits per heavy atom. The molecule has 2 radical (unpaired) electrons. The van der Waals surface area contributed by atoms with E-state index in [9.17, 15) is 4.91 Å². The van der Waals surface area contributed by atoms with E-state index in [0.29, 0.717) is 12.3 Å². The van der Waals surface area contributed by atoms with Crippen molar-refractivity contribution in [2.45, 2.75) is 45.8 Å². The fourth-order valence-corrected chi connectivity index (χ4v) is 3.55. The van der Waals surface area contributed by atoms with Crippen LogP contribution in [0.3, 0.4) is 0 Å². The van der Waals surface area contributed by atoms with E-state index in [1.165, 1.54) is 0 Å². The molecule has 0 aliphatic heterocycles. The monoisotopic (exact) mass is 193 g/mol. The van der Waals surface area contributed by atoms with E-state index in [1.807, 2.05) is 0 Å². The number of hydrogen-bond donors (Lipinski definition) is 0. The number of nitroso groups, excluding NO2 is 1. The molecule has 0 saturated heterocycles. The van der Waals surface area contributed by atoms with Gasteiger partial charge in [0, 0.05) is 11.8 Å². The van der Waals surface area contributed by atoms with Crippen LogP contribution in [0.1, 0.15) is 40.0 Å². The summed E-state index contributed by atoms with van der Waals surface area (Å²) in [4.78, 5) is 11.0. The second kappa shape index (κ2) is 2.60. The first-order chi connectivity index (χ1) is 6.43. The summed E-state index contributed by atoms with van der Waals surface area (Å²) in [6.07, 6.45) is 2.81. The van der Waals surface area contributed by atoms with Crippen LogP contribution in [0.25, 0.3) is 0 Å². The van der Waals surface area contributed by atoms with Gasteiger partial charge in [-0.05, 0) is 29.4 Å². The van der Waals surface area contributed by atoms with Crippen molar-refractivity contribution in [1.82, 2.24) is 0 Å². The van der Waals surface area contributed by atoms with E-state index in [2.05, 4.69) is 25.9 Å². The smallest absolute Gasteiger partial charge is 0.286 e. The molecule has 0 aromatic rings. The van der Waals surface area contributed by atoms with Crippen LogP contribution >= 0.6 is 0 Å². The Morgan fingerprint density at radius 3 is 2.29 bits per heavy atom. The molecule has 3 nitrogen and oxygen atoms in total. The molecule has 2 rings (SSSR count). The summed E-state index contributed by atoms with van der Waals surface area (Å²) in [5.41, 5.74) is -1.10. The van der Waals surface area contributed by atoms with Gasteiger partial charge < -0.3 is 4.65 Å². The first-order valence-corrected chi connectivity index (χ1v) is 5.16. The molecule has 0 heterocycles. The van der Waals surface area contributed by atoms with Crippen molar-refractivity contribution in [3.63, 3.8) is 0 Å². The van der Waals surface area contributed by atoms with Gasteiger partial charge in [0.15, 0.2) is 5.72 Å². The Hall–Kier alpha value is -0.375. The van der Waals surface area contributed by atoms with Crippen molar-refractivity contribution < 1.29 is 4.65 Å². The highest BCUT2D eigenvalue weighted by Gasteiger charge is 2.70. The number of hydrogen-bond acceptors (Lipinski definition) is 3. The average molecular weight is 193 g/mol. The molecule has 0 aromatic carbocycles. The summed E-state index contributed by atoms with van der Waals surface area (Å²) in [6.45, 7) is 6.46. The Balaban J connectivity index is 2.49. The third kappa shape index (κ3) is 0.795. The molecule has 2 fully saturated rings. The van der Waals surface area contributed by atoms with E-state index < -0.39 is 5.72 Å². The molecule has 2 aliphatic carbocycles. The van der Waals surface area contributed by atoms with Gasteiger partial charge in [-0.25, -0.2) is 0 Å². The van der Waals surface area contributed by atoms with Crippen LogP contribution in [0.15, 0.2) is 5.18 Å². The zero-order chi connectivity index (χ0) is 10.6. The van der Waals surface area contributed by atoms with Gasteiger partial charge in [-0.1, -0.05) is 20.8 Å². The lowest BCUT2D eigenvalue weighted by molar-refractivity contribution is -0.0582. The van der Waals surface area contributed by atoms with Gasteiger partial charge in [-0.2, -0.15) is 0 Å². The third-order valence-corrected chi connectivity index (χ3v) is 5.16. The molecule has 0 aromatic heterocycles. The Morgan fingerprint density at radius 1 is 1.43 bits per heavy atom. The van der Waals surface area contributed by atoms with Gasteiger partial charge in [0.05, 0.1) is 0 Å². The van der Waals surface area contributed by atoms with Crippen molar-refractivity contribution in [2.75, 3.05) is 0 Å². The Bertz CT molecular complexity index is 281. The molecule has 2 aliphatic rings. The summed E-state index contributed by atoms with van der Waals surface area (Å²) in [7, 11) is 5.28. The zero-order valence-electron chi connectivity index (χ0n) is 9.04. The quantitative estimate of drug-likeness (QED) is 0.498. The van der Waals surface area contributed by atoms with Crippen molar-refractivity contribution in [2.24, 2.45) is 21.9 Å². The van der Waals surface area contributed by atoms with Crippen molar-refractivity contribution in [1.29, 1.82) is 0 Å². The third-order valence-electron chi connectivity index (χ3n) is 5.16. The Labute approximate surface area is 86.0 Å². The molecule has 0 amide bonds. The normalized spacial score (nSPS) is 49.5. The number of nitrogens with zero attached hydrogens (tertiary/aromatic N) is 1. The number of rotatable bonds is 2. The number of fused-ring (bicyclic) bond motifs is 2. The lowest BCUT2D eigenvalue weighted by Gasteiger charge is -2.43. The predicted molar refractivity (Wildman–Crippen MR) is 54.6 cm³/mol. The van der Waals surface area contributed by atoms with Crippen molar-refractivity contribution in [3.8, 4) is 0 Å². The average Bonchev–Trinajstić information content (AvgIpc) is 2.48. The van der Waals surface area contributed by atoms with Crippen LogP contribution in [0.4, 0.5) is 0 Å². The van der Waals surface area contributed by atoms with Crippen LogP contribution in [-0.4, -0.2) is 13.8 Å². The maximum absolute atomic E-state index is 11.0. The van der Waals surface area contributed by atoms with Crippen LogP contribution in [-0.2, 0) is 4.65 Å². The van der Waals surface area contributed by atoms with Gasteiger partial charge in [-0.15, -0.1) is 4.91 Å². The van der Waals surface area contributed by atoms with Crippen LogP contribution in [0, 0.1) is 21.7 Å². The molecule has 76 valence electrons. The second-order valence-corrected chi connectivity index (χ2v) is 5.49. The molecule has 3 unspecified atom stereocenters. The largest absolute Gasteiger partial charge is 0.423 e. The van der Waals surface area contributed by atoms with Gasteiger partial charge in [-0.3, -0.25) is 0 Å². The molecule has 2 saturated carbocycles. The summed E-state index contributed by atoms with van der Waals surface area (Å²) in [5, 5.41) is 3.19. The maximum atomic E-state index is 11.0.